The second kappa shape index (κ2) is 10.2. The molecule has 1 aromatic heterocycles. The number of halogens is 1. The van der Waals surface area contributed by atoms with E-state index in [0.29, 0.717) is 5.56 Å². The normalized spacial score (nSPS) is 23.6. The third kappa shape index (κ3) is 6.39. The number of esters is 3. The number of aromatic amines is 1. The van der Waals surface area contributed by atoms with E-state index in [1.165, 1.54) is 27.0 Å². The van der Waals surface area contributed by atoms with Crippen LogP contribution in [0.1, 0.15) is 26.3 Å². The van der Waals surface area contributed by atoms with Crippen LogP contribution in [0.4, 0.5) is 5.82 Å². The van der Waals surface area contributed by atoms with Crippen molar-refractivity contribution in [3.05, 3.63) is 27.2 Å². The lowest BCUT2D eigenvalue weighted by Gasteiger charge is -2.24. The van der Waals surface area contributed by atoms with Crippen LogP contribution in [0.15, 0.2) is 16.0 Å². The van der Waals surface area contributed by atoms with E-state index >= 15 is 0 Å². The Morgan fingerprint density at radius 3 is 2.45 bits per heavy atom. The van der Waals surface area contributed by atoms with E-state index in [-0.39, 0.29) is 12.4 Å². The Labute approximate surface area is 173 Å². The van der Waals surface area contributed by atoms with Gasteiger partial charge in [0.25, 0.3) is 0 Å². The van der Waals surface area contributed by atoms with E-state index in [4.69, 9.17) is 18.9 Å². The number of ether oxygens (including phenoxy) is 4. The molecule has 0 saturated carbocycles. The molecule has 0 aromatic carbocycles. The molecule has 0 unspecified atom stereocenters. The zero-order valence-corrected chi connectivity index (χ0v) is 17.4. The van der Waals surface area contributed by atoms with E-state index < -0.39 is 48.1 Å². The van der Waals surface area contributed by atoms with Crippen molar-refractivity contribution in [3.63, 3.8) is 0 Å². The number of rotatable bonds is 7. The number of H-pyrrole nitrogens is 1. The first-order chi connectivity index (χ1) is 13.7. The van der Waals surface area contributed by atoms with Crippen molar-refractivity contribution >= 4 is 45.7 Å². The Morgan fingerprint density at radius 1 is 1.21 bits per heavy atom. The summed E-state index contributed by atoms with van der Waals surface area (Å²) < 4.78 is 21.3. The van der Waals surface area contributed by atoms with Gasteiger partial charge in [0.1, 0.15) is 18.5 Å². The molecule has 1 saturated heterocycles. The molecule has 2 rings (SSSR count). The minimum atomic E-state index is -1.07. The molecule has 2 N–H and O–H groups in total. The van der Waals surface area contributed by atoms with E-state index in [1.807, 2.05) is 0 Å². The van der Waals surface area contributed by atoms with Crippen LogP contribution in [0, 0.1) is 0 Å². The van der Waals surface area contributed by atoms with Crippen LogP contribution in [-0.2, 0) is 33.3 Å². The van der Waals surface area contributed by atoms with Gasteiger partial charge in [0.2, 0.25) is 0 Å². The molecule has 1 aromatic rings. The Kier molecular flexibility index (Phi) is 7.91. The quantitative estimate of drug-likeness (QED) is 0.428. The molecule has 0 radical (unpaired) electrons. The van der Waals surface area contributed by atoms with Gasteiger partial charge in [-0.05, 0) is 11.1 Å². The van der Waals surface area contributed by atoms with E-state index in [1.54, 1.807) is 11.1 Å². The SMILES string of the molecule is CC(=O)OC[C@H]1O[C@@H](Nc2[nH]c(=O)ncc2C=CBr)[C@H](OC(C)=O)[C@H]1OC(C)=O. The Hall–Kier alpha value is -2.73. The number of carbonyl (C=O) groups is 3. The maximum atomic E-state index is 11.6. The van der Waals surface area contributed by atoms with Gasteiger partial charge >= 0.3 is 23.6 Å². The van der Waals surface area contributed by atoms with Crippen LogP contribution in [-0.4, -0.2) is 59.0 Å². The van der Waals surface area contributed by atoms with Crippen molar-refractivity contribution in [2.24, 2.45) is 0 Å². The molecule has 29 heavy (non-hydrogen) atoms. The molecule has 11 nitrogen and oxygen atoms in total. The predicted octanol–water partition coefficient (Wildman–Crippen LogP) is 0.699. The number of nitrogens with one attached hydrogen (secondary N) is 2. The Balaban J connectivity index is 2.36. The Morgan fingerprint density at radius 2 is 1.86 bits per heavy atom. The van der Waals surface area contributed by atoms with Gasteiger partial charge in [-0.3, -0.25) is 19.4 Å². The lowest BCUT2D eigenvalue weighted by molar-refractivity contribution is -0.165. The summed E-state index contributed by atoms with van der Waals surface area (Å²) in [4.78, 5) is 53.7. The first-order valence-corrected chi connectivity index (χ1v) is 9.38. The fourth-order valence-corrected chi connectivity index (χ4v) is 2.98. The smallest absolute Gasteiger partial charge is 0.346 e. The second-order valence-corrected chi connectivity index (χ2v) is 6.53. The summed E-state index contributed by atoms with van der Waals surface area (Å²) in [5.74, 6) is -1.60. The monoisotopic (exact) mass is 473 g/mol. The first-order valence-electron chi connectivity index (χ1n) is 8.47. The number of nitrogens with zero attached hydrogens (tertiary/aromatic N) is 1. The van der Waals surface area contributed by atoms with Crippen molar-refractivity contribution < 1.29 is 33.3 Å². The highest BCUT2D eigenvalue weighted by molar-refractivity contribution is 9.11. The van der Waals surface area contributed by atoms with Gasteiger partial charge in [0, 0.05) is 32.5 Å². The molecular formula is C17H20BrN3O8. The predicted molar refractivity (Wildman–Crippen MR) is 103 cm³/mol. The van der Waals surface area contributed by atoms with Crippen molar-refractivity contribution in [1.29, 1.82) is 0 Å². The van der Waals surface area contributed by atoms with Crippen LogP contribution in [0.5, 0.6) is 0 Å². The van der Waals surface area contributed by atoms with Gasteiger partial charge in [-0.1, -0.05) is 15.9 Å². The standard InChI is InChI=1S/C17H20BrN3O8/c1-8(22)26-7-12-13(27-9(2)23)14(28-10(3)24)16(29-12)20-15-11(4-5-18)6-19-17(25)21-15/h4-6,12-14,16H,7H2,1-3H3,(H2,19,20,21,25)/t12-,13+,14-,16-/m1/s1. The summed E-state index contributed by atoms with van der Waals surface area (Å²) in [7, 11) is 0. The Bertz CT molecular complexity index is 855. The van der Waals surface area contributed by atoms with Gasteiger partial charge in [-0.2, -0.15) is 0 Å². The summed E-state index contributed by atoms with van der Waals surface area (Å²) >= 11 is 3.14. The highest BCUT2D eigenvalue weighted by Gasteiger charge is 2.50. The van der Waals surface area contributed by atoms with Gasteiger partial charge < -0.3 is 24.3 Å². The van der Waals surface area contributed by atoms with E-state index in [0.717, 1.165) is 0 Å². The number of carbonyl (C=O) groups excluding carboxylic acids is 3. The van der Waals surface area contributed by atoms with Gasteiger partial charge in [0.05, 0.1) is 0 Å². The fourth-order valence-electron chi connectivity index (χ4n) is 2.69. The molecule has 1 aliphatic rings. The molecule has 0 amide bonds. The van der Waals surface area contributed by atoms with Gasteiger partial charge in [-0.25, -0.2) is 9.78 Å². The summed E-state index contributed by atoms with van der Waals surface area (Å²) in [6.45, 7) is 3.36. The molecule has 158 valence electrons. The largest absolute Gasteiger partial charge is 0.463 e. The molecule has 1 fully saturated rings. The number of anilines is 1. The maximum Gasteiger partial charge on any atom is 0.346 e. The number of hydrogen-bond donors (Lipinski definition) is 2. The van der Waals surface area contributed by atoms with Crippen molar-refractivity contribution in [3.8, 4) is 0 Å². The molecule has 0 spiro atoms. The maximum absolute atomic E-state index is 11.6. The van der Waals surface area contributed by atoms with Crippen molar-refractivity contribution in [2.45, 2.75) is 45.3 Å². The highest BCUT2D eigenvalue weighted by atomic mass is 79.9. The molecule has 0 bridgehead atoms. The third-order valence-electron chi connectivity index (χ3n) is 3.74. The highest BCUT2D eigenvalue weighted by Crippen LogP contribution is 2.29. The van der Waals surface area contributed by atoms with E-state index in [9.17, 15) is 19.2 Å². The zero-order chi connectivity index (χ0) is 21.6. The number of aromatic nitrogens is 2. The molecule has 12 heteroatoms. The van der Waals surface area contributed by atoms with Crippen LogP contribution < -0.4 is 11.0 Å². The van der Waals surface area contributed by atoms with Crippen LogP contribution >= 0.6 is 15.9 Å². The molecular weight excluding hydrogens is 454 g/mol. The molecule has 1 aliphatic heterocycles. The average molecular weight is 474 g/mol. The lowest BCUT2D eigenvalue weighted by atomic mass is 10.1. The van der Waals surface area contributed by atoms with Crippen molar-refractivity contribution in [1.82, 2.24) is 9.97 Å². The van der Waals surface area contributed by atoms with Gasteiger partial charge in [0.15, 0.2) is 18.4 Å². The van der Waals surface area contributed by atoms with Crippen molar-refractivity contribution in [2.75, 3.05) is 11.9 Å². The van der Waals surface area contributed by atoms with Crippen LogP contribution in [0.2, 0.25) is 0 Å². The van der Waals surface area contributed by atoms with Crippen LogP contribution in [0.3, 0.4) is 0 Å². The fraction of sp³-hybridized carbons (Fsp3) is 0.471. The van der Waals surface area contributed by atoms with Crippen LogP contribution in [0.25, 0.3) is 6.08 Å². The third-order valence-corrected chi connectivity index (χ3v) is 4.00. The summed E-state index contributed by atoms with van der Waals surface area (Å²) in [6.07, 6.45) is -1.11. The number of hydrogen-bond acceptors (Lipinski definition) is 10. The molecule has 0 aliphatic carbocycles. The lowest BCUT2D eigenvalue weighted by Crippen LogP contribution is -2.43. The minimum absolute atomic E-state index is 0.232. The minimum Gasteiger partial charge on any atom is -0.463 e. The van der Waals surface area contributed by atoms with Gasteiger partial charge in [-0.15, -0.1) is 0 Å². The summed E-state index contributed by atoms with van der Waals surface area (Å²) in [5.41, 5.74) is -0.117. The second-order valence-electron chi connectivity index (χ2n) is 6.00. The van der Waals surface area contributed by atoms with E-state index in [2.05, 4.69) is 31.2 Å². The molecule has 4 atom stereocenters. The first kappa shape index (κ1) is 22.6. The summed E-state index contributed by atoms with van der Waals surface area (Å²) in [6, 6.07) is 0. The molecule has 2 heterocycles. The zero-order valence-electron chi connectivity index (χ0n) is 15.8. The average Bonchev–Trinajstić information content (AvgIpc) is 2.91. The summed E-state index contributed by atoms with van der Waals surface area (Å²) in [5, 5.41) is 2.91. The topological polar surface area (TPSA) is 146 Å².